The molecular weight excluding hydrogens is 454 g/mol. The number of hydrogen-bond donors (Lipinski definition) is 2. The molecule has 1 heterocycles. The fraction of sp³-hybridized carbons (Fsp3) is 0.238. The third-order valence-electron chi connectivity index (χ3n) is 5.18. The van der Waals surface area contributed by atoms with Gasteiger partial charge in [-0.15, -0.1) is 0 Å². The van der Waals surface area contributed by atoms with E-state index in [1.807, 2.05) is 0 Å². The van der Waals surface area contributed by atoms with E-state index in [1.165, 1.54) is 38.2 Å². The topological polar surface area (TPSA) is 142 Å². The zero-order valence-electron chi connectivity index (χ0n) is 17.7. The van der Waals surface area contributed by atoms with Crippen LogP contribution in [0.25, 0.3) is 0 Å². The number of imide groups is 1. The molecule has 1 fully saturated rings. The van der Waals surface area contributed by atoms with Gasteiger partial charge in [-0.05, 0) is 36.8 Å². The van der Waals surface area contributed by atoms with Crippen LogP contribution < -0.4 is 10.6 Å². The van der Waals surface area contributed by atoms with Crippen molar-refractivity contribution >= 4 is 46.7 Å². The van der Waals surface area contributed by atoms with Gasteiger partial charge in [0.25, 0.3) is 11.6 Å². The Labute approximate surface area is 193 Å². The second-order valence-corrected chi connectivity index (χ2v) is 7.94. The van der Waals surface area contributed by atoms with Crippen LogP contribution in [0.5, 0.6) is 0 Å². The Balaban J connectivity index is 1.65. The molecule has 1 aliphatic heterocycles. The maximum Gasteiger partial charge on any atom is 0.325 e. The number of nitrogens with one attached hydrogen (secondary N) is 2. The Bertz CT molecular complexity index is 1140. The number of benzene rings is 2. The molecule has 0 aliphatic carbocycles. The van der Waals surface area contributed by atoms with Gasteiger partial charge in [-0.2, -0.15) is 0 Å². The average Bonchev–Trinajstić information content (AvgIpc) is 2.99. The van der Waals surface area contributed by atoms with Crippen molar-refractivity contribution in [2.24, 2.45) is 0 Å². The number of rotatable bonds is 7. The van der Waals surface area contributed by atoms with Gasteiger partial charge in [0.1, 0.15) is 12.1 Å². The molecule has 1 saturated heterocycles. The predicted octanol–water partition coefficient (Wildman–Crippen LogP) is 2.11. The number of para-hydroxylation sites is 1. The Kier molecular flexibility index (Phi) is 6.63. The Morgan fingerprint density at radius 3 is 2.42 bits per heavy atom. The fourth-order valence-electron chi connectivity index (χ4n) is 3.26. The van der Waals surface area contributed by atoms with E-state index in [0.29, 0.717) is 16.3 Å². The van der Waals surface area contributed by atoms with Crippen LogP contribution in [-0.4, -0.2) is 58.6 Å². The van der Waals surface area contributed by atoms with Gasteiger partial charge in [0, 0.05) is 19.2 Å². The van der Waals surface area contributed by atoms with E-state index in [0.717, 1.165) is 9.80 Å². The highest BCUT2D eigenvalue weighted by molar-refractivity contribution is 6.33. The number of nitro benzene ring substituents is 1. The first-order valence-electron chi connectivity index (χ1n) is 9.70. The highest BCUT2D eigenvalue weighted by Gasteiger charge is 2.49. The lowest BCUT2D eigenvalue weighted by Crippen LogP contribution is -2.45. The van der Waals surface area contributed by atoms with E-state index >= 15 is 0 Å². The molecule has 0 bridgehead atoms. The highest BCUT2D eigenvalue weighted by Crippen LogP contribution is 2.30. The van der Waals surface area contributed by atoms with Gasteiger partial charge in [0.05, 0.1) is 22.2 Å². The van der Waals surface area contributed by atoms with Crippen molar-refractivity contribution in [1.82, 2.24) is 15.1 Å². The molecule has 1 unspecified atom stereocenters. The largest absolute Gasteiger partial charge is 0.335 e. The molecule has 12 heteroatoms. The van der Waals surface area contributed by atoms with Crippen LogP contribution in [0.4, 0.5) is 16.2 Å². The quantitative estimate of drug-likeness (QED) is 0.358. The van der Waals surface area contributed by atoms with Crippen molar-refractivity contribution in [3.63, 3.8) is 0 Å². The third-order valence-corrected chi connectivity index (χ3v) is 5.51. The first-order chi connectivity index (χ1) is 15.5. The third kappa shape index (κ3) is 4.93. The van der Waals surface area contributed by atoms with Gasteiger partial charge in [-0.1, -0.05) is 23.7 Å². The molecule has 1 aliphatic rings. The summed E-state index contributed by atoms with van der Waals surface area (Å²) in [6, 6.07) is 11.0. The van der Waals surface area contributed by atoms with Gasteiger partial charge >= 0.3 is 6.03 Å². The van der Waals surface area contributed by atoms with Crippen LogP contribution >= 0.6 is 11.6 Å². The van der Waals surface area contributed by atoms with Crippen molar-refractivity contribution in [3.05, 3.63) is 69.2 Å². The predicted molar refractivity (Wildman–Crippen MR) is 118 cm³/mol. The van der Waals surface area contributed by atoms with Crippen molar-refractivity contribution < 1.29 is 24.1 Å². The fourth-order valence-corrected chi connectivity index (χ4v) is 3.45. The number of anilines is 1. The summed E-state index contributed by atoms with van der Waals surface area (Å²) < 4.78 is 0. The van der Waals surface area contributed by atoms with Crippen LogP contribution in [0.1, 0.15) is 12.5 Å². The van der Waals surface area contributed by atoms with Gasteiger partial charge in [-0.3, -0.25) is 29.4 Å². The molecule has 1 atom stereocenters. The van der Waals surface area contributed by atoms with E-state index in [9.17, 15) is 29.3 Å². The standard InChI is InChI=1S/C21H20ClN5O6/c1-21(13-7-9-14(10-8-13)27(32)33)19(30)26(20(31)24-21)12-18(29)25(2)11-17(28)23-16-6-4-3-5-15(16)22/h3-10H,11-12H2,1-2H3,(H,23,28)(H,24,31). The van der Waals surface area contributed by atoms with E-state index < -0.39 is 40.8 Å². The number of halogens is 1. The molecule has 5 amide bonds. The summed E-state index contributed by atoms with van der Waals surface area (Å²) in [5.41, 5.74) is -0.943. The molecule has 172 valence electrons. The summed E-state index contributed by atoms with van der Waals surface area (Å²) in [4.78, 5) is 62.3. The summed E-state index contributed by atoms with van der Waals surface area (Å²) in [5.74, 6) is -1.84. The molecule has 33 heavy (non-hydrogen) atoms. The van der Waals surface area contributed by atoms with Crippen molar-refractivity contribution in [2.45, 2.75) is 12.5 Å². The Morgan fingerprint density at radius 1 is 1.18 bits per heavy atom. The van der Waals surface area contributed by atoms with Crippen LogP contribution in [0.2, 0.25) is 5.02 Å². The van der Waals surface area contributed by atoms with E-state index in [2.05, 4.69) is 10.6 Å². The molecular formula is C21H20ClN5O6. The Hall–Kier alpha value is -3.99. The smallest absolute Gasteiger partial charge is 0.325 e. The maximum atomic E-state index is 13.0. The van der Waals surface area contributed by atoms with Gasteiger partial charge in [-0.25, -0.2) is 4.79 Å². The summed E-state index contributed by atoms with van der Waals surface area (Å²) in [7, 11) is 1.36. The monoisotopic (exact) mass is 473 g/mol. The Morgan fingerprint density at radius 2 is 1.82 bits per heavy atom. The zero-order valence-corrected chi connectivity index (χ0v) is 18.5. The van der Waals surface area contributed by atoms with Crippen molar-refractivity contribution in [1.29, 1.82) is 0 Å². The molecule has 2 N–H and O–H groups in total. The summed E-state index contributed by atoms with van der Waals surface area (Å²) in [6.07, 6.45) is 0. The number of amides is 5. The summed E-state index contributed by atoms with van der Waals surface area (Å²) in [5, 5.41) is 16.3. The lowest BCUT2D eigenvalue weighted by molar-refractivity contribution is -0.384. The second kappa shape index (κ2) is 9.25. The lowest BCUT2D eigenvalue weighted by atomic mass is 9.92. The minimum absolute atomic E-state index is 0.164. The number of carbonyl (C=O) groups excluding carboxylic acids is 4. The number of hydrogen-bond acceptors (Lipinski definition) is 6. The minimum Gasteiger partial charge on any atom is -0.335 e. The van der Waals surface area contributed by atoms with E-state index in [-0.39, 0.29) is 12.2 Å². The average molecular weight is 474 g/mol. The first-order valence-corrected chi connectivity index (χ1v) is 10.1. The van der Waals surface area contributed by atoms with E-state index in [4.69, 9.17) is 11.6 Å². The molecule has 0 saturated carbocycles. The van der Waals surface area contributed by atoms with Gasteiger partial charge in [0.2, 0.25) is 11.8 Å². The van der Waals surface area contributed by atoms with Crippen LogP contribution in [0.15, 0.2) is 48.5 Å². The van der Waals surface area contributed by atoms with Gasteiger partial charge < -0.3 is 15.5 Å². The SMILES string of the molecule is CN(CC(=O)Nc1ccccc1Cl)C(=O)CN1C(=O)NC(C)(c2ccc([N+](=O)[O-])cc2)C1=O. The number of carbonyl (C=O) groups is 4. The number of nitro groups is 1. The van der Waals surface area contributed by atoms with Crippen molar-refractivity contribution in [3.8, 4) is 0 Å². The number of nitrogens with zero attached hydrogens (tertiary/aromatic N) is 3. The number of urea groups is 1. The molecule has 11 nitrogen and oxygen atoms in total. The van der Waals surface area contributed by atoms with Crippen molar-refractivity contribution in [2.75, 3.05) is 25.5 Å². The maximum absolute atomic E-state index is 13.0. The molecule has 0 aromatic heterocycles. The highest BCUT2D eigenvalue weighted by atomic mass is 35.5. The zero-order chi connectivity index (χ0) is 24.3. The van der Waals surface area contributed by atoms with E-state index in [1.54, 1.807) is 24.3 Å². The lowest BCUT2D eigenvalue weighted by Gasteiger charge is -2.23. The van der Waals surface area contributed by atoms with Crippen LogP contribution in [0, 0.1) is 10.1 Å². The first kappa shape index (κ1) is 23.7. The summed E-state index contributed by atoms with van der Waals surface area (Å²) >= 11 is 6.00. The summed E-state index contributed by atoms with van der Waals surface area (Å²) in [6.45, 7) is 0.538. The van der Waals surface area contributed by atoms with Crippen LogP contribution in [-0.2, 0) is 19.9 Å². The number of likely N-dealkylation sites (N-methyl/N-ethyl adjacent to an activating group) is 1. The van der Waals surface area contributed by atoms with Crippen LogP contribution in [0.3, 0.4) is 0 Å². The molecule has 2 aromatic carbocycles. The van der Waals surface area contributed by atoms with Gasteiger partial charge in [0.15, 0.2) is 0 Å². The minimum atomic E-state index is -1.49. The second-order valence-electron chi connectivity index (χ2n) is 7.53. The molecule has 0 radical (unpaired) electrons. The molecule has 0 spiro atoms. The normalized spacial score (nSPS) is 17.5. The number of non-ortho nitro benzene ring substituents is 1. The molecule has 3 rings (SSSR count). The molecule has 2 aromatic rings.